The lowest BCUT2D eigenvalue weighted by molar-refractivity contribution is -0.131. The van der Waals surface area contributed by atoms with E-state index < -0.39 is 11.6 Å². The Bertz CT molecular complexity index is 939. The molecule has 1 fully saturated rings. The van der Waals surface area contributed by atoms with Crippen molar-refractivity contribution in [1.82, 2.24) is 20.4 Å². The number of hydrogen-bond donors (Lipinski definition) is 1. The fourth-order valence-electron chi connectivity index (χ4n) is 2.93. The number of carbonyl (C=O) groups excluding carboxylic acids is 2. The Hall–Kier alpha value is -3.00. The molecule has 3 heterocycles. The molecule has 1 N–H and O–H groups in total. The van der Waals surface area contributed by atoms with Crippen molar-refractivity contribution in [1.29, 1.82) is 0 Å². The highest BCUT2D eigenvalue weighted by Crippen LogP contribution is 2.30. The van der Waals surface area contributed by atoms with Gasteiger partial charge in [0.25, 0.3) is 5.91 Å². The largest absolute Gasteiger partial charge is 0.337 e. The highest BCUT2D eigenvalue weighted by molar-refractivity contribution is 7.08. The van der Waals surface area contributed by atoms with Gasteiger partial charge in [-0.2, -0.15) is 16.3 Å². The molecule has 0 unspecified atom stereocenters. The molecule has 0 radical (unpaired) electrons. The Morgan fingerprint density at radius 1 is 1.23 bits per heavy atom. The molecule has 132 valence electrons. The number of imide groups is 1. The van der Waals surface area contributed by atoms with Crippen molar-refractivity contribution in [2.24, 2.45) is 0 Å². The molecule has 8 heteroatoms. The van der Waals surface area contributed by atoms with Crippen LogP contribution in [0.5, 0.6) is 0 Å². The predicted molar refractivity (Wildman–Crippen MR) is 94.3 cm³/mol. The normalized spacial score (nSPS) is 19.8. The lowest BCUT2D eigenvalue weighted by atomic mass is 9.95. The summed E-state index contributed by atoms with van der Waals surface area (Å²) in [4.78, 5) is 30.5. The maximum absolute atomic E-state index is 12.8. The van der Waals surface area contributed by atoms with E-state index in [4.69, 9.17) is 4.52 Å². The summed E-state index contributed by atoms with van der Waals surface area (Å²) in [6, 6.07) is 11.1. The van der Waals surface area contributed by atoms with E-state index in [1.54, 1.807) is 6.92 Å². The fraction of sp³-hybridized carbons (Fsp3) is 0.222. The molecule has 1 atom stereocenters. The maximum Gasteiger partial charge on any atom is 0.325 e. The van der Waals surface area contributed by atoms with Gasteiger partial charge in [-0.1, -0.05) is 35.5 Å². The molecule has 1 aromatic carbocycles. The number of aromatic nitrogens is 2. The van der Waals surface area contributed by atoms with Gasteiger partial charge in [0.1, 0.15) is 12.1 Å². The lowest BCUT2D eigenvalue weighted by Gasteiger charge is -2.20. The molecule has 3 amide bonds. The monoisotopic (exact) mass is 368 g/mol. The zero-order valence-corrected chi connectivity index (χ0v) is 14.8. The van der Waals surface area contributed by atoms with Gasteiger partial charge in [0.15, 0.2) is 5.82 Å². The first-order valence-corrected chi connectivity index (χ1v) is 9.03. The van der Waals surface area contributed by atoms with Gasteiger partial charge in [-0.05, 0) is 34.9 Å². The van der Waals surface area contributed by atoms with Gasteiger partial charge in [-0.15, -0.1) is 0 Å². The second-order valence-electron chi connectivity index (χ2n) is 6.23. The number of thiophene rings is 1. The van der Waals surface area contributed by atoms with E-state index in [-0.39, 0.29) is 18.3 Å². The number of amides is 3. The highest BCUT2D eigenvalue weighted by Gasteiger charge is 2.49. The third kappa shape index (κ3) is 2.88. The number of nitrogens with zero attached hydrogens (tertiary/aromatic N) is 3. The van der Waals surface area contributed by atoms with Gasteiger partial charge in [-0.25, -0.2) is 4.79 Å². The van der Waals surface area contributed by atoms with Crippen LogP contribution in [-0.2, 0) is 23.3 Å². The Morgan fingerprint density at radius 3 is 2.77 bits per heavy atom. The Labute approximate surface area is 153 Å². The summed E-state index contributed by atoms with van der Waals surface area (Å²) < 4.78 is 5.22. The van der Waals surface area contributed by atoms with Crippen LogP contribution in [0.4, 0.5) is 4.79 Å². The van der Waals surface area contributed by atoms with Crippen molar-refractivity contribution in [2.75, 3.05) is 0 Å². The lowest BCUT2D eigenvalue weighted by Crippen LogP contribution is -2.40. The summed E-state index contributed by atoms with van der Waals surface area (Å²) in [5.41, 5.74) is 0.753. The van der Waals surface area contributed by atoms with Gasteiger partial charge in [0.05, 0.1) is 0 Å². The van der Waals surface area contributed by atoms with Gasteiger partial charge in [0, 0.05) is 6.42 Å². The second kappa shape index (κ2) is 6.38. The van der Waals surface area contributed by atoms with Crippen LogP contribution in [0.25, 0.3) is 0 Å². The third-order valence-electron chi connectivity index (χ3n) is 4.38. The summed E-state index contributed by atoms with van der Waals surface area (Å²) >= 11 is 1.47. The maximum atomic E-state index is 12.8. The van der Waals surface area contributed by atoms with Gasteiger partial charge in [-0.3, -0.25) is 9.69 Å². The molecule has 0 saturated carbocycles. The van der Waals surface area contributed by atoms with Crippen molar-refractivity contribution in [3.63, 3.8) is 0 Å². The molecule has 1 aliphatic rings. The van der Waals surface area contributed by atoms with Gasteiger partial charge >= 0.3 is 6.03 Å². The van der Waals surface area contributed by atoms with Gasteiger partial charge in [0.2, 0.25) is 5.89 Å². The minimum Gasteiger partial charge on any atom is -0.337 e. The van der Waals surface area contributed by atoms with E-state index in [1.807, 2.05) is 47.2 Å². The van der Waals surface area contributed by atoms with Crippen LogP contribution >= 0.6 is 11.3 Å². The quantitative estimate of drug-likeness (QED) is 0.700. The standard InChI is InChI=1S/C18H16N4O3S/c1-18(13-7-8-26-11-13)16(23)22(17(24)20-18)10-15-19-14(21-25-15)9-12-5-3-2-4-6-12/h2-8,11H,9-10H2,1H3,(H,20,24)/t18-/m1/s1. The number of hydrogen-bond acceptors (Lipinski definition) is 6. The SMILES string of the molecule is C[C@]1(c2ccsc2)NC(=O)N(Cc2nc(Cc3ccccc3)no2)C1=O. The van der Waals surface area contributed by atoms with Crippen molar-refractivity contribution in [3.8, 4) is 0 Å². The molecular formula is C18H16N4O3S. The topological polar surface area (TPSA) is 88.3 Å². The number of carbonyl (C=O) groups is 2. The molecule has 1 saturated heterocycles. The summed E-state index contributed by atoms with van der Waals surface area (Å²) in [6.07, 6.45) is 0.525. The van der Waals surface area contributed by atoms with Crippen LogP contribution < -0.4 is 5.32 Å². The molecule has 0 aliphatic carbocycles. The van der Waals surface area contributed by atoms with E-state index in [0.717, 1.165) is 16.0 Å². The molecule has 0 bridgehead atoms. The first-order valence-electron chi connectivity index (χ1n) is 8.08. The number of benzene rings is 1. The summed E-state index contributed by atoms with van der Waals surface area (Å²) in [6.45, 7) is 1.65. The number of nitrogens with one attached hydrogen (secondary N) is 1. The summed E-state index contributed by atoms with van der Waals surface area (Å²) in [5, 5.41) is 10.4. The smallest absolute Gasteiger partial charge is 0.325 e. The number of urea groups is 1. The molecular weight excluding hydrogens is 352 g/mol. The zero-order chi connectivity index (χ0) is 18.1. The molecule has 0 spiro atoms. The van der Waals surface area contributed by atoms with Crippen LogP contribution in [0.2, 0.25) is 0 Å². The average molecular weight is 368 g/mol. The van der Waals surface area contributed by atoms with Crippen molar-refractivity contribution in [2.45, 2.75) is 25.4 Å². The molecule has 26 heavy (non-hydrogen) atoms. The van der Waals surface area contributed by atoms with Crippen LogP contribution in [0.15, 0.2) is 51.7 Å². The summed E-state index contributed by atoms with van der Waals surface area (Å²) in [7, 11) is 0. The van der Waals surface area contributed by atoms with E-state index in [0.29, 0.717) is 12.2 Å². The van der Waals surface area contributed by atoms with Crippen LogP contribution in [-0.4, -0.2) is 27.0 Å². The molecule has 7 nitrogen and oxygen atoms in total. The average Bonchev–Trinajstić information content (AvgIpc) is 3.35. The van der Waals surface area contributed by atoms with Crippen molar-refractivity contribution >= 4 is 23.3 Å². The van der Waals surface area contributed by atoms with Crippen molar-refractivity contribution in [3.05, 3.63) is 70.0 Å². The third-order valence-corrected chi connectivity index (χ3v) is 5.07. The van der Waals surface area contributed by atoms with Crippen LogP contribution in [0, 0.1) is 0 Å². The van der Waals surface area contributed by atoms with E-state index in [9.17, 15) is 9.59 Å². The van der Waals surface area contributed by atoms with E-state index in [2.05, 4.69) is 15.5 Å². The zero-order valence-electron chi connectivity index (χ0n) is 14.0. The van der Waals surface area contributed by atoms with Crippen molar-refractivity contribution < 1.29 is 14.1 Å². The van der Waals surface area contributed by atoms with E-state index >= 15 is 0 Å². The molecule has 3 aromatic rings. The summed E-state index contributed by atoms with van der Waals surface area (Å²) in [5.74, 6) is 0.413. The highest BCUT2D eigenvalue weighted by atomic mass is 32.1. The fourth-order valence-corrected chi connectivity index (χ4v) is 3.69. The van der Waals surface area contributed by atoms with Crippen LogP contribution in [0.3, 0.4) is 0 Å². The second-order valence-corrected chi connectivity index (χ2v) is 7.01. The van der Waals surface area contributed by atoms with E-state index in [1.165, 1.54) is 11.3 Å². The van der Waals surface area contributed by atoms with Gasteiger partial charge < -0.3 is 9.84 Å². The number of rotatable bonds is 5. The Balaban J connectivity index is 1.49. The Morgan fingerprint density at radius 2 is 2.04 bits per heavy atom. The van der Waals surface area contributed by atoms with Crippen LogP contribution in [0.1, 0.15) is 29.8 Å². The minimum absolute atomic E-state index is 0.0494. The Kier molecular flexibility index (Phi) is 4.04. The first-order chi connectivity index (χ1) is 12.6. The minimum atomic E-state index is -1.07. The molecule has 1 aliphatic heterocycles. The molecule has 2 aromatic heterocycles. The predicted octanol–water partition coefficient (Wildman–Crippen LogP) is 2.69. The first kappa shape index (κ1) is 16.5. The molecule has 4 rings (SSSR count).